The molecule has 1 aliphatic rings. The van der Waals surface area contributed by atoms with Crippen LogP contribution in [0.2, 0.25) is 0 Å². The number of aliphatic hydroxyl groups excluding tert-OH is 3. The van der Waals surface area contributed by atoms with Crippen LogP contribution in [0.15, 0.2) is 23.7 Å². The van der Waals surface area contributed by atoms with E-state index in [0.717, 1.165) is 12.1 Å². The van der Waals surface area contributed by atoms with Crippen LogP contribution in [0.3, 0.4) is 0 Å². The van der Waals surface area contributed by atoms with Gasteiger partial charge in [-0.25, -0.2) is 9.59 Å². The molecule has 2 rings (SSSR count). The van der Waals surface area contributed by atoms with Crippen molar-refractivity contribution < 1.29 is 49.7 Å². The van der Waals surface area contributed by atoms with E-state index < -0.39 is 59.5 Å². The molecule has 0 saturated heterocycles. The topological polar surface area (TPSA) is 174 Å². The van der Waals surface area contributed by atoms with E-state index in [4.69, 9.17) is 10.2 Å². The van der Waals surface area contributed by atoms with Gasteiger partial charge in [-0.15, -0.1) is 0 Å². The van der Waals surface area contributed by atoms with Crippen LogP contribution < -0.4 is 0 Å². The minimum absolute atomic E-state index is 0.323. The normalized spacial score (nSPS) is 18.7. The fourth-order valence-corrected chi connectivity index (χ4v) is 1.78. The van der Waals surface area contributed by atoms with Gasteiger partial charge in [0.05, 0.1) is 5.56 Å². The predicted molar refractivity (Wildman–Crippen MR) is 69.9 cm³/mol. The summed E-state index contributed by atoms with van der Waals surface area (Å²) >= 11 is 0. The molecular formula is C13H12O10. The summed E-state index contributed by atoms with van der Waals surface area (Å²) in [6, 6.07) is 1.64. The Labute approximate surface area is 128 Å². The van der Waals surface area contributed by atoms with Gasteiger partial charge < -0.3 is 40.1 Å². The molecule has 1 heterocycles. The van der Waals surface area contributed by atoms with Crippen molar-refractivity contribution in [2.24, 2.45) is 0 Å². The molecule has 1 aliphatic heterocycles. The Morgan fingerprint density at radius 1 is 1.17 bits per heavy atom. The number of benzene rings is 1. The van der Waals surface area contributed by atoms with Crippen molar-refractivity contribution in [3.63, 3.8) is 0 Å². The van der Waals surface area contributed by atoms with Crippen LogP contribution in [0.4, 0.5) is 0 Å². The van der Waals surface area contributed by atoms with Crippen molar-refractivity contribution in [3.8, 4) is 17.2 Å². The number of phenolic OH excluding ortho intramolecular Hbond substituents is 3. The monoisotopic (exact) mass is 328 g/mol. The summed E-state index contributed by atoms with van der Waals surface area (Å²) in [6.07, 6.45) is -3.25. The van der Waals surface area contributed by atoms with Gasteiger partial charge in [0.15, 0.2) is 29.1 Å². The lowest BCUT2D eigenvalue weighted by Gasteiger charge is -2.17. The summed E-state index contributed by atoms with van der Waals surface area (Å²) in [5, 5.41) is 55.9. The molecule has 0 aliphatic carbocycles. The van der Waals surface area contributed by atoms with Gasteiger partial charge in [0.1, 0.15) is 12.7 Å². The van der Waals surface area contributed by atoms with Gasteiger partial charge in [-0.2, -0.15) is 0 Å². The van der Waals surface area contributed by atoms with Crippen LogP contribution in [0, 0.1) is 0 Å². The third-order valence-corrected chi connectivity index (χ3v) is 2.98. The average Bonchev–Trinajstić information content (AvgIpc) is 2.77. The van der Waals surface area contributed by atoms with Crippen LogP contribution >= 0.6 is 0 Å². The lowest BCUT2D eigenvalue weighted by atomic mass is 10.1. The quantitative estimate of drug-likeness (QED) is 0.314. The van der Waals surface area contributed by atoms with Gasteiger partial charge in [0.25, 0.3) is 0 Å². The Morgan fingerprint density at radius 2 is 1.74 bits per heavy atom. The average molecular weight is 328 g/mol. The highest BCUT2D eigenvalue weighted by Gasteiger charge is 2.39. The van der Waals surface area contributed by atoms with Gasteiger partial charge in [-0.05, 0) is 12.1 Å². The van der Waals surface area contributed by atoms with E-state index in [1.807, 2.05) is 0 Å². The summed E-state index contributed by atoms with van der Waals surface area (Å²) in [5.41, 5.74) is -0.323. The number of hydrogen-bond donors (Lipinski definition) is 6. The standard InChI is InChI=1S/C13H12O10/c14-5-1-4(2-6(15)8(5)17)12(20)22-3-7(16)11-9(18)10(19)13(21)23-11/h1-2,7,11,14-19H,3H2/t7-,11-/m1/s1. The number of hydrogen-bond acceptors (Lipinski definition) is 10. The Balaban J connectivity index is 2.01. The van der Waals surface area contributed by atoms with Crippen molar-refractivity contribution in [1.82, 2.24) is 0 Å². The number of carbonyl (C=O) groups is 2. The number of aliphatic hydroxyl groups is 3. The fourth-order valence-electron chi connectivity index (χ4n) is 1.78. The van der Waals surface area contributed by atoms with Gasteiger partial charge in [0.2, 0.25) is 5.76 Å². The first kappa shape index (κ1) is 16.2. The zero-order valence-corrected chi connectivity index (χ0v) is 11.3. The van der Waals surface area contributed by atoms with Gasteiger partial charge in [-0.3, -0.25) is 0 Å². The fraction of sp³-hybridized carbons (Fsp3) is 0.231. The highest BCUT2D eigenvalue weighted by Crippen LogP contribution is 2.35. The van der Waals surface area contributed by atoms with Crippen molar-refractivity contribution in [2.45, 2.75) is 12.2 Å². The van der Waals surface area contributed by atoms with E-state index in [-0.39, 0.29) is 5.56 Å². The minimum atomic E-state index is -1.66. The molecule has 0 spiro atoms. The highest BCUT2D eigenvalue weighted by atomic mass is 16.6. The molecule has 6 N–H and O–H groups in total. The molecule has 0 bridgehead atoms. The number of rotatable bonds is 4. The predicted octanol–water partition coefficient (Wildman–Crippen LogP) is -0.426. The van der Waals surface area contributed by atoms with Crippen LogP contribution in [0.5, 0.6) is 17.2 Å². The maximum atomic E-state index is 11.7. The number of ether oxygens (including phenoxy) is 2. The van der Waals surface area contributed by atoms with E-state index in [0.29, 0.717) is 0 Å². The minimum Gasteiger partial charge on any atom is -0.505 e. The largest absolute Gasteiger partial charge is 0.505 e. The second-order valence-electron chi connectivity index (χ2n) is 4.59. The maximum Gasteiger partial charge on any atom is 0.377 e. The summed E-state index contributed by atoms with van der Waals surface area (Å²) in [6.45, 7) is -0.726. The molecule has 1 aromatic carbocycles. The van der Waals surface area contributed by atoms with Gasteiger partial charge >= 0.3 is 11.9 Å². The van der Waals surface area contributed by atoms with Crippen LogP contribution in [0.25, 0.3) is 0 Å². The van der Waals surface area contributed by atoms with Gasteiger partial charge in [-0.1, -0.05) is 0 Å². The summed E-state index contributed by atoms with van der Waals surface area (Å²) in [4.78, 5) is 22.7. The maximum absolute atomic E-state index is 11.7. The SMILES string of the molecule is O=C1O[C@H]([C@H](O)COC(=O)c2cc(O)c(O)c(O)c2)C(O)=C1O. The number of aromatic hydroxyl groups is 3. The molecule has 0 radical (unpaired) electrons. The second kappa shape index (κ2) is 5.93. The third-order valence-electron chi connectivity index (χ3n) is 2.98. The lowest BCUT2D eigenvalue weighted by molar-refractivity contribution is -0.147. The molecule has 124 valence electrons. The molecular weight excluding hydrogens is 316 g/mol. The molecule has 10 nitrogen and oxygen atoms in total. The Bertz CT molecular complexity index is 669. The van der Waals surface area contributed by atoms with Crippen molar-refractivity contribution in [2.75, 3.05) is 6.61 Å². The second-order valence-corrected chi connectivity index (χ2v) is 4.59. The Hall–Kier alpha value is -3.14. The van der Waals surface area contributed by atoms with Crippen LogP contribution in [-0.2, 0) is 14.3 Å². The first-order valence-electron chi connectivity index (χ1n) is 6.15. The summed E-state index contributed by atoms with van der Waals surface area (Å²) in [5.74, 6) is -6.57. The molecule has 0 aromatic heterocycles. The lowest BCUT2D eigenvalue weighted by Crippen LogP contribution is -2.33. The Morgan fingerprint density at radius 3 is 2.22 bits per heavy atom. The molecule has 23 heavy (non-hydrogen) atoms. The third kappa shape index (κ3) is 3.06. The van der Waals surface area contributed by atoms with Crippen molar-refractivity contribution >= 4 is 11.9 Å². The molecule has 10 heteroatoms. The van der Waals surface area contributed by atoms with Crippen molar-refractivity contribution in [3.05, 3.63) is 29.2 Å². The number of cyclic esters (lactones) is 1. The number of phenols is 3. The first-order chi connectivity index (χ1) is 10.7. The first-order valence-corrected chi connectivity index (χ1v) is 6.15. The van der Waals surface area contributed by atoms with E-state index in [1.54, 1.807) is 0 Å². The van der Waals surface area contributed by atoms with E-state index >= 15 is 0 Å². The highest BCUT2D eigenvalue weighted by molar-refractivity contribution is 5.91. The van der Waals surface area contributed by atoms with Crippen molar-refractivity contribution in [1.29, 1.82) is 0 Å². The summed E-state index contributed by atoms with van der Waals surface area (Å²) < 4.78 is 9.14. The molecule has 1 aromatic rings. The molecule has 0 unspecified atom stereocenters. The van der Waals surface area contributed by atoms with E-state index in [9.17, 15) is 30.0 Å². The Kier molecular flexibility index (Phi) is 4.18. The van der Waals surface area contributed by atoms with E-state index in [2.05, 4.69) is 9.47 Å². The smallest absolute Gasteiger partial charge is 0.377 e. The summed E-state index contributed by atoms with van der Waals surface area (Å²) in [7, 11) is 0. The van der Waals surface area contributed by atoms with Crippen LogP contribution in [0.1, 0.15) is 10.4 Å². The molecule has 0 saturated carbocycles. The number of esters is 2. The van der Waals surface area contributed by atoms with Crippen LogP contribution in [-0.4, -0.2) is 61.4 Å². The molecule has 0 fully saturated rings. The molecule has 2 atom stereocenters. The van der Waals surface area contributed by atoms with E-state index in [1.165, 1.54) is 0 Å². The zero-order valence-electron chi connectivity index (χ0n) is 11.3. The zero-order chi connectivity index (χ0) is 17.3. The number of carbonyl (C=O) groups excluding carboxylic acids is 2. The van der Waals surface area contributed by atoms with Gasteiger partial charge in [0, 0.05) is 0 Å². The molecule has 0 amide bonds.